The molecule has 0 radical (unpaired) electrons. The van der Waals surface area contributed by atoms with Crippen molar-refractivity contribution in [2.45, 2.75) is 70.9 Å². The maximum atomic E-state index is 11.3. The Bertz CT molecular complexity index is 470. The molecule has 0 aromatic carbocycles. The van der Waals surface area contributed by atoms with Gasteiger partial charge in [-0.1, -0.05) is 26.0 Å². The van der Waals surface area contributed by atoms with Crippen molar-refractivity contribution in [2.24, 2.45) is 34.3 Å². The quantitative estimate of drug-likeness (QED) is 0.417. The molecule has 3 nitrogen and oxygen atoms in total. The predicted molar refractivity (Wildman–Crippen MR) is 97.1 cm³/mol. The Hall–Kier alpha value is -0.0300. The van der Waals surface area contributed by atoms with Crippen LogP contribution in [0.5, 0.6) is 0 Å². The lowest BCUT2D eigenvalue weighted by molar-refractivity contribution is -0.113. The summed E-state index contributed by atoms with van der Waals surface area (Å²) < 4.78 is 5.22. The summed E-state index contributed by atoms with van der Waals surface area (Å²) in [5.41, 5.74) is 7.81. The van der Waals surface area contributed by atoms with Crippen LogP contribution in [0.25, 0.3) is 0 Å². The van der Waals surface area contributed by atoms with Crippen LogP contribution in [0.15, 0.2) is 12.2 Å². The highest BCUT2D eigenvalue weighted by molar-refractivity contribution is 7.75. The van der Waals surface area contributed by atoms with Gasteiger partial charge >= 0.3 is 0 Å². The number of hydrogen-bond donors (Lipinski definition) is 3. The van der Waals surface area contributed by atoms with Crippen molar-refractivity contribution in [2.75, 3.05) is 6.61 Å². The molecule has 0 amide bonds. The minimum absolute atomic E-state index is 0.100. The van der Waals surface area contributed by atoms with Gasteiger partial charge in [0.15, 0.2) is 0 Å². The van der Waals surface area contributed by atoms with Crippen LogP contribution in [-0.2, 0) is 4.18 Å². The van der Waals surface area contributed by atoms with Gasteiger partial charge in [0.05, 0.1) is 12.7 Å². The minimum Gasteiger partial charge on any atom is -0.392 e. The molecule has 3 N–H and O–H groups in total. The zero-order valence-electron chi connectivity index (χ0n) is 14.6. The minimum atomic E-state index is -0.227. The largest absolute Gasteiger partial charge is 0.392 e. The van der Waals surface area contributed by atoms with Crippen LogP contribution in [0, 0.1) is 28.6 Å². The van der Waals surface area contributed by atoms with E-state index in [1.54, 1.807) is 0 Å². The molecule has 0 spiro atoms. The fourth-order valence-electron chi connectivity index (χ4n) is 6.02. The van der Waals surface area contributed by atoms with E-state index in [2.05, 4.69) is 33.3 Å². The summed E-state index contributed by atoms with van der Waals surface area (Å²) in [6, 6.07) is 0.258. The summed E-state index contributed by atoms with van der Waals surface area (Å²) >= 11 is 4.00. The van der Waals surface area contributed by atoms with E-state index < -0.39 is 0 Å². The fraction of sp³-hybridized carbons (Fsp3) is 0.895. The Balaban J connectivity index is 1.84. The van der Waals surface area contributed by atoms with Gasteiger partial charge in [-0.25, -0.2) is 0 Å². The van der Waals surface area contributed by atoms with E-state index in [0.29, 0.717) is 24.4 Å². The standard InChI is InChI=1S/C19H33NO2S/c1-12-4-5-15-17(21)16(7-9-18(12,15)2)19(3)8-6-14(20)10-13(19)11-22-23/h13-17,21,23H,1,4-11,20H2,2-3H3/t13-,14+,15?,16?,17+,18-,19+/m1/s1. The zero-order chi connectivity index (χ0) is 16.8. The number of fused-ring (bicyclic) bond motifs is 1. The molecule has 0 heterocycles. The van der Waals surface area contributed by atoms with Crippen molar-refractivity contribution in [3.05, 3.63) is 12.2 Å². The highest BCUT2D eigenvalue weighted by Crippen LogP contribution is 2.61. The lowest BCUT2D eigenvalue weighted by atomic mass is 9.52. The lowest BCUT2D eigenvalue weighted by Crippen LogP contribution is -2.54. The first-order chi connectivity index (χ1) is 10.8. The molecule has 3 aliphatic carbocycles. The smallest absolute Gasteiger partial charge is 0.0644 e. The van der Waals surface area contributed by atoms with Gasteiger partial charge in [0.2, 0.25) is 0 Å². The van der Waals surface area contributed by atoms with Crippen LogP contribution in [0.1, 0.15) is 58.8 Å². The molecular formula is C19H33NO2S. The zero-order valence-corrected chi connectivity index (χ0v) is 15.5. The predicted octanol–water partition coefficient (Wildman–Crippen LogP) is 3.72. The normalized spacial score (nSPS) is 50.8. The summed E-state index contributed by atoms with van der Waals surface area (Å²) in [6.45, 7) is 9.60. The van der Waals surface area contributed by atoms with E-state index in [0.717, 1.165) is 44.9 Å². The van der Waals surface area contributed by atoms with Crippen molar-refractivity contribution in [3.63, 3.8) is 0 Å². The summed E-state index contributed by atoms with van der Waals surface area (Å²) in [4.78, 5) is 0. The van der Waals surface area contributed by atoms with Gasteiger partial charge in [-0.3, -0.25) is 0 Å². The number of rotatable bonds is 3. The average Bonchev–Trinajstić information content (AvgIpc) is 2.80. The number of allylic oxidation sites excluding steroid dienone is 1. The Labute approximate surface area is 146 Å². The van der Waals surface area contributed by atoms with Gasteiger partial charge in [0, 0.05) is 6.04 Å². The SMILES string of the molecule is C=C1CCC2[C@H](O)C([C@@]3(C)CC[C@H](N)C[C@@H]3COS)CC[C@]12C. The van der Waals surface area contributed by atoms with Gasteiger partial charge in [0.1, 0.15) is 0 Å². The van der Waals surface area contributed by atoms with E-state index in [9.17, 15) is 5.11 Å². The molecule has 7 atom stereocenters. The maximum Gasteiger partial charge on any atom is 0.0644 e. The van der Waals surface area contributed by atoms with Crippen molar-refractivity contribution >= 4 is 12.9 Å². The molecule has 3 fully saturated rings. The van der Waals surface area contributed by atoms with Crippen molar-refractivity contribution in [1.82, 2.24) is 0 Å². The second-order valence-electron chi connectivity index (χ2n) is 8.83. The summed E-state index contributed by atoms with van der Waals surface area (Å²) in [7, 11) is 0. The number of hydrogen-bond acceptors (Lipinski definition) is 4. The number of nitrogens with two attached hydrogens (primary N) is 1. The third-order valence-electron chi connectivity index (χ3n) is 7.88. The monoisotopic (exact) mass is 339 g/mol. The third-order valence-corrected chi connectivity index (χ3v) is 8.03. The Morgan fingerprint density at radius 2 is 2.00 bits per heavy atom. The molecule has 4 heteroatoms. The Kier molecular flexibility index (Phi) is 4.92. The van der Waals surface area contributed by atoms with E-state index >= 15 is 0 Å². The van der Waals surface area contributed by atoms with Gasteiger partial charge in [0.25, 0.3) is 0 Å². The van der Waals surface area contributed by atoms with Crippen LogP contribution >= 0.6 is 12.9 Å². The van der Waals surface area contributed by atoms with Crippen LogP contribution in [-0.4, -0.2) is 23.9 Å². The molecule has 0 bridgehead atoms. The van der Waals surface area contributed by atoms with Crippen molar-refractivity contribution in [1.29, 1.82) is 0 Å². The van der Waals surface area contributed by atoms with Crippen LogP contribution in [0.3, 0.4) is 0 Å². The van der Waals surface area contributed by atoms with E-state index in [-0.39, 0.29) is 23.0 Å². The van der Waals surface area contributed by atoms with E-state index in [4.69, 9.17) is 9.92 Å². The molecule has 3 rings (SSSR count). The Morgan fingerprint density at radius 1 is 1.26 bits per heavy atom. The molecule has 2 unspecified atom stereocenters. The summed E-state index contributed by atoms with van der Waals surface area (Å²) in [5.74, 6) is 1.10. The van der Waals surface area contributed by atoms with Gasteiger partial charge < -0.3 is 15.0 Å². The molecule has 3 aliphatic rings. The topological polar surface area (TPSA) is 55.5 Å². The fourth-order valence-corrected chi connectivity index (χ4v) is 6.20. The van der Waals surface area contributed by atoms with Gasteiger partial charge in [-0.05, 0) is 86.4 Å². The first-order valence-electron chi connectivity index (χ1n) is 9.21. The molecular weight excluding hydrogens is 306 g/mol. The molecule has 132 valence electrons. The molecule has 0 aliphatic heterocycles. The second kappa shape index (κ2) is 6.36. The number of aliphatic hydroxyl groups is 1. The molecule has 0 aromatic heterocycles. The second-order valence-corrected chi connectivity index (χ2v) is 9.09. The van der Waals surface area contributed by atoms with E-state index in [1.165, 1.54) is 5.57 Å². The molecule has 23 heavy (non-hydrogen) atoms. The number of thiol groups is 1. The van der Waals surface area contributed by atoms with Crippen LogP contribution < -0.4 is 5.73 Å². The van der Waals surface area contributed by atoms with Crippen molar-refractivity contribution < 1.29 is 9.29 Å². The maximum absolute atomic E-state index is 11.3. The summed E-state index contributed by atoms with van der Waals surface area (Å²) in [6.07, 6.45) is 7.31. The van der Waals surface area contributed by atoms with Gasteiger partial charge in [-0.15, -0.1) is 0 Å². The highest BCUT2D eigenvalue weighted by atomic mass is 32.1. The van der Waals surface area contributed by atoms with Crippen LogP contribution in [0.4, 0.5) is 0 Å². The van der Waals surface area contributed by atoms with Crippen molar-refractivity contribution in [3.8, 4) is 0 Å². The number of aliphatic hydroxyl groups excluding tert-OH is 1. The van der Waals surface area contributed by atoms with Gasteiger partial charge in [-0.2, -0.15) is 0 Å². The first kappa shape index (κ1) is 17.8. The van der Waals surface area contributed by atoms with Crippen LogP contribution in [0.2, 0.25) is 0 Å². The average molecular weight is 340 g/mol. The third kappa shape index (κ3) is 2.80. The summed E-state index contributed by atoms with van der Waals surface area (Å²) in [5, 5.41) is 11.3. The Morgan fingerprint density at radius 3 is 2.70 bits per heavy atom. The lowest BCUT2D eigenvalue weighted by Gasteiger charge is -2.55. The molecule has 0 aromatic rings. The molecule has 3 saturated carbocycles. The molecule has 0 saturated heterocycles. The first-order valence-corrected chi connectivity index (χ1v) is 9.57. The highest BCUT2D eigenvalue weighted by Gasteiger charge is 2.56. The van der Waals surface area contributed by atoms with E-state index in [1.807, 2.05) is 0 Å².